The van der Waals surface area contributed by atoms with Gasteiger partial charge in [0.15, 0.2) is 5.82 Å². The molecule has 0 aliphatic rings. The van der Waals surface area contributed by atoms with E-state index in [1.165, 1.54) is 23.9 Å². The number of hydrogen-bond donors (Lipinski definition) is 1. The average molecular weight is 351 g/mol. The van der Waals surface area contributed by atoms with E-state index >= 15 is 0 Å². The van der Waals surface area contributed by atoms with Crippen molar-refractivity contribution in [3.8, 4) is 11.5 Å². The number of esters is 1. The maximum absolute atomic E-state index is 13.1. The molecule has 0 saturated heterocycles. The third-order valence-electron chi connectivity index (χ3n) is 3.97. The van der Waals surface area contributed by atoms with Crippen LogP contribution in [-0.2, 0) is 11.3 Å². The minimum absolute atomic E-state index is 0.0636. The Morgan fingerprint density at radius 3 is 2.69 bits per heavy atom. The van der Waals surface area contributed by atoms with Gasteiger partial charge in [-0.15, -0.1) is 5.10 Å². The van der Waals surface area contributed by atoms with Crippen LogP contribution in [0.2, 0.25) is 0 Å². The summed E-state index contributed by atoms with van der Waals surface area (Å²) in [5.74, 6) is -0.468. The van der Waals surface area contributed by atoms with E-state index < -0.39 is 5.97 Å². The lowest BCUT2D eigenvalue weighted by Crippen LogP contribution is -2.08. The van der Waals surface area contributed by atoms with Gasteiger partial charge in [0.2, 0.25) is 5.69 Å². The fourth-order valence-electron chi connectivity index (χ4n) is 2.72. The maximum Gasteiger partial charge on any atom is 0.361 e. The number of rotatable bonds is 4. The van der Waals surface area contributed by atoms with Crippen molar-refractivity contribution in [2.75, 3.05) is 7.11 Å². The molecule has 0 aliphatic carbocycles. The smallest absolute Gasteiger partial charge is 0.361 e. The Morgan fingerprint density at radius 1 is 1.19 bits per heavy atom. The molecule has 0 amide bonds. The first-order chi connectivity index (χ1) is 12.7. The number of benzene rings is 2. The Morgan fingerprint density at radius 2 is 1.96 bits per heavy atom. The molecule has 0 fully saturated rings. The number of imidazole rings is 1. The number of carbonyl (C=O) groups is 1. The Labute approximate surface area is 147 Å². The number of nitrogens with one attached hydrogen (secondary N) is 1. The molecule has 2 heterocycles. The molecule has 7 nitrogen and oxygen atoms in total. The van der Waals surface area contributed by atoms with Gasteiger partial charge in [-0.05, 0) is 29.8 Å². The molecule has 8 heteroatoms. The average Bonchev–Trinajstić information content (AvgIpc) is 3.26. The van der Waals surface area contributed by atoms with Crippen LogP contribution in [-0.4, -0.2) is 38.0 Å². The molecule has 4 aromatic rings. The van der Waals surface area contributed by atoms with Crippen LogP contribution < -0.4 is 0 Å². The van der Waals surface area contributed by atoms with Gasteiger partial charge in [-0.3, -0.25) is 0 Å². The molecular weight excluding hydrogens is 337 g/mol. The van der Waals surface area contributed by atoms with Gasteiger partial charge in [-0.1, -0.05) is 29.5 Å². The van der Waals surface area contributed by atoms with Crippen LogP contribution in [0.3, 0.4) is 0 Å². The molecule has 2 aromatic heterocycles. The summed E-state index contributed by atoms with van der Waals surface area (Å²) in [5.41, 5.74) is 2.87. The minimum Gasteiger partial charge on any atom is -0.464 e. The Kier molecular flexibility index (Phi) is 3.92. The molecule has 0 atom stereocenters. The largest absolute Gasteiger partial charge is 0.464 e. The van der Waals surface area contributed by atoms with Crippen molar-refractivity contribution in [1.29, 1.82) is 0 Å². The topological polar surface area (TPSA) is 85.7 Å². The summed E-state index contributed by atoms with van der Waals surface area (Å²) in [5, 5.41) is 8.01. The number of halogens is 1. The third-order valence-corrected chi connectivity index (χ3v) is 3.97. The van der Waals surface area contributed by atoms with Gasteiger partial charge >= 0.3 is 5.97 Å². The molecule has 1 N–H and O–H groups in total. The van der Waals surface area contributed by atoms with Crippen LogP contribution >= 0.6 is 0 Å². The number of ether oxygens (including phenoxy) is 1. The summed E-state index contributed by atoms with van der Waals surface area (Å²) in [7, 11) is 1.28. The molecule has 26 heavy (non-hydrogen) atoms. The van der Waals surface area contributed by atoms with Crippen molar-refractivity contribution >= 4 is 17.0 Å². The Bertz CT molecular complexity index is 1050. The minimum atomic E-state index is -0.606. The summed E-state index contributed by atoms with van der Waals surface area (Å²) in [6.45, 7) is 0.302. The summed E-state index contributed by atoms with van der Waals surface area (Å²) in [6.07, 6.45) is 0. The van der Waals surface area contributed by atoms with E-state index in [1.54, 1.807) is 12.1 Å². The van der Waals surface area contributed by atoms with E-state index in [0.29, 0.717) is 18.1 Å². The number of hydrogen-bond acceptors (Lipinski definition) is 5. The predicted octanol–water partition coefficient (Wildman–Crippen LogP) is 2.80. The number of H-pyrrole nitrogens is 1. The van der Waals surface area contributed by atoms with Crippen molar-refractivity contribution in [3.63, 3.8) is 0 Å². The highest BCUT2D eigenvalue weighted by molar-refractivity contribution is 5.94. The third kappa shape index (κ3) is 2.81. The van der Waals surface area contributed by atoms with Crippen molar-refractivity contribution in [2.45, 2.75) is 6.54 Å². The molecule has 2 aromatic carbocycles. The molecule has 0 saturated carbocycles. The number of nitrogens with zero attached hydrogens (tertiary/aromatic N) is 4. The maximum atomic E-state index is 13.1. The van der Waals surface area contributed by atoms with Gasteiger partial charge in [0.1, 0.15) is 11.5 Å². The van der Waals surface area contributed by atoms with Crippen LogP contribution in [0, 0.1) is 5.82 Å². The Hall–Kier alpha value is -3.55. The van der Waals surface area contributed by atoms with Gasteiger partial charge in [0, 0.05) is 0 Å². The first-order valence-electron chi connectivity index (χ1n) is 7.87. The second-order valence-electron chi connectivity index (χ2n) is 5.66. The summed E-state index contributed by atoms with van der Waals surface area (Å²) in [6, 6.07) is 13.6. The number of carbonyl (C=O) groups excluding carboxylic acids is 1. The first-order valence-corrected chi connectivity index (χ1v) is 7.87. The van der Waals surface area contributed by atoms with Crippen molar-refractivity contribution in [2.24, 2.45) is 0 Å². The monoisotopic (exact) mass is 351 g/mol. The fraction of sp³-hybridized carbons (Fsp3) is 0.111. The van der Waals surface area contributed by atoms with Crippen molar-refractivity contribution in [3.05, 3.63) is 65.6 Å². The van der Waals surface area contributed by atoms with E-state index in [0.717, 1.165) is 16.6 Å². The van der Waals surface area contributed by atoms with Crippen LogP contribution in [0.1, 0.15) is 16.1 Å². The van der Waals surface area contributed by atoms with Gasteiger partial charge in [0.25, 0.3) is 0 Å². The zero-order chi connectivity index (χ0) is 18.1. The highest BCUT2D eigenvalue weighted by atomic mass is 19.1. The van der Waals surface area contributed by atoms with Crippen LogP contribution in [0.4, 0.5) is 4.39 Å². The molecule has 0 spiro atoms. The van der Waals surface area contributed by atoms with Crippen LogP contribution in [0.5, 0.6) is 0 Å². The first kappa shape index (κ1) is 15.9. The standard InChI is InChI=1S/C18H14FN5O2/c1-26-18(25)15-16(17-20-13-4-2-3-5-14(13)21-17)24(23-22-15)10-11-6-8-12(19)9-7-11/h2-9H,10H2,1H3,(H,20,21). The molecular formula is C18H14FN5O2. The molecule has 4 rings (SSSR count). The SMILES string of the molecule is COC(=O)c1nnn(Cc2ccc(F)cc2)c1-c1nc2ccccc2[nH]1. The van der Waals surface area contributed by atoms with E-state index in [-0.39, 0.29) is 11.5 Å². The van der Waals surface area contributed by atoms with E-state index in [9.17, 15) is 9.18 Å². The highest BCUT2D eigenvalue weighted by Crippen LogP contribution is 2.24. The van der Waals surface area contributed by atoms with E-state index in [4.69, 9.17) is 4.74 Å². The molecule has 0 bridgehead atoms. The Balaban J connectivity index is 1.83. The van der Waals surface area contributed by atoms with Crippen molar-refractivity contribution in [1.82, 2.24) is 25.0 Å². The molecule has 0 unspecified atom stereocenters. The summed E-state index contributed by atoms with van der Waals surface area (Å²) in [4.78, 5) is 19.8. The lowest BCUT2D eigenvalue weighted by atomic mass is 10.2. The van der Waals surface area contributed by atoms with Crippen LogP contribution in [0.25, 0.3) is 22.6 Å². The number of aromatic nitrogens is 5. The number of methoxy groups -OCH3 is 1. The summed E-state index contributed by atoms with van der Waals surface area (Å²) >= 11 is 0. The zero-order valence-electron chi connectivity index (χ0n) is 13.8. The number of fused-ring (bicyclic) bond motifs is 1. The fourth-order valence-corrected chi connectivity index (χ4v) is 2.72. The highest BCUT2D eigenvalue weighted by Gasteiger charge is 2.24. The van der Waals surface area contributed by atoms with Gasteiger partial charge < -0.3 is 9.72 Å². The lowest BCUT2D eigenvalue weighted by Gasteiger charge is -2.06. The van der Waals surface area contributed by atoms with Crippen molar-refractivity contribution < 1.29 is 13.9 Å². The quantitative estimate of drug-likeness (QED) is 0.572. The second-order valence-corrected chi connectivity index (χ2v) is 5.66. The predicted molar refractivity (Wildman–Crippen MR) is 92.0 cm³/mol. The van der Waals surface area contributed by atoms with E-state index in [1.807, 2.05) is 24.3 Å². The normalized spacial score (nSPS) is 11.0. The second kappa shape index (κ2) is 6.40. The molecule has 130 valence electrons. The number of para-hydroxylation sites is 2. The lowest BCUT2D eigenvalue weighted by molar-refractivity contribution is 0.0594. The molecule has 0 radical (unpaired) electrons. The summed E-state index contributed by atoms with van der Waals surface area (Å²) < 4.78 is 19.5. The van der Waals surface area contributed by atoms with Crippen LogP contribution in [0.15, 0.2) is 48.5 Å². The van der Waals surface area contributed by atoms with E-state index in [2.05, 4.69) is 20.3 Å². The molecule has 0 aliphatic heterocycles. The van der Waals surface area contributed by atoms with Gasteiger partial charge in [-0.25, -0.2) is 18.9 Å². The number of aromatic amines is 1. The van der Waals surface area contributed by atoms with Gasteiger partial charge in [0.05, 0.1) is 24.7 Å². The zero-order valence-corrected chi connectivity index (χ0v) is 13.8. The van der Waals surface area contributed by atoms with Gasteiger partial charge in [-0.2, -0.15) is 0 Å².